The lowest BCUT2D eigenvalue weighted by atomic mass is 9.67. The second-order valence-electron chi connectivity index (χ2n) is 20.0. The minimum Gasteiger partial charge on any atom is -0.309 e. The van der Waals surface area contributed by atoms with Gasteiger partial charge in [0.05, 0.1) is 27.5 Å². The Balaban J connectivity index is 0.00000528. The van der Waals surface area contributed by atoms with Gasteiger partial charge in [0.15, 0.2) is 0 Å². The summed E-state index contributed by atoms with van der Waals surface area (Å²) in [6.07, 6.45) is 0. The first-order valence-electron chi connectivity index (χ1n) is 26.0. The van der Waals surface area contributed by atoms with Crippen LogP contribution in [0.4, 0.5) is 0 Å². The number of nitrogens with zero attached hydrogens (tertiary/aromatic N) is 2. The van der Waals surface area contributed by atoms with Crippen LogP contribution in [0.5, 0.6) is 0 Å². The zero-order chi connectivity index (χ0) is 49.5. The van der Waals surface area contributed by atoms with E-state index in [1.54, 1.807) is 0 Å². The van der Waals surface area contributed by atoms with Crippen molar-refractivity contribution in [3.63, 3.8) is 0 Å². The summed E-state index contributed by atoms with van der Waals surface area (Å²) in [5.41, 5.74) is 24.1. The highest BCUT2D eigenvalue weighted by atomic mass is 15.0. The van der Waals surface area contributed by atoms with Crippen LogP contribution in [0.25, 0.3) is 111 Å². The van der Waals surface area contributed by atoms with E-state index in [0.29, 0.717) is 0 Å². The van der Waals surface area contributed by atoms with Crippen molar-refractivity contribution in [3.8, 4) is 67.0 Å². The van der Waals surface area contributed by atoms with Crippen molar-refractivity contribution >= 4 is 43.6 Å². The van der Waals surface area contributed by atoms with Crippen LogP contribution >= 0.6 is 0 Å². The molecule has 76 heavy (non-hydrogen) atoms. The lowest BCUT2D eigenvalue weighted by molar-refractivity contribution is 0.769. The monoisotopic (exact) mass is 968 g/mol. The van der Waals surface area contributed by atoms with Gasteiger partial charge in [0.2, 0.25) is 0 Å². The molecule has 0 unspecified atom stereocenters. The number of benzene rings is 12. The second kappa shape index (κ2) is 18.0. The molecule has 2 nitrogen and oxygen atoms in total. The van der Waals surface area contributed by atoms with Crippen molar-refractivity contribution in [3.05, 3.63) is 313 Å². The molecule has 0 aliphatic heterocycles. The molecule has 0 atom stereocenters. The van der Waals surface area contributed by atoms with Gasteiger partial charge in [-0.05, 0) is 145 Å². The molecule has 0 amide bonds. The number of rotatable bonds is 8. The van der Waals surface area contributed by atoms with Gasteiger partial charge in [-0.15, -0.1) is 0 Å². The Morgan fingerprint density at radius 3 is 1.20 bits per heavy atom. The third kappa shape index (κ3) is 6.95. The predicted molar refractivity (Wildman–Crippen MR) is 321 cm³/mol. The quantitative estimate of drug-likeness (QED) is 0.144. The maximum Gasteiger partial charge on any atom is 0.0713 e. The molecule has 0 saturated heterocycles. The largest absolute Gasteiger partial charge is 0.309 e. The predicted octanol–water partition coefficient (Wildman–Crippen LogP) is 19.5. The summed E-state index contributed by atoms with van der Waals surface area (Å²) < 4.78 is 4.83. The summed E-state index contributed by atoms with van der Waals surface area (Å²) in [4.78, 5) is 0. The minimum absolute atomic E-state index is 0. The van der Waals surface area contributed by atoms with Gasteiger partial charge in [-0.1, -0.05) is 232 Å². The summed E-state index contributed by atoms with van der Waals surface area (Å²) in [5.74, 6) is 0. The molecule has 0 bridgehead atoms. The van der Waals surface area contributed by atoms with Crippen LogP contribution < -0.4 is 0 Å². The Labute approximate surface area is 443 Å². The maximum atomic E-state index is 2.41. The number of para-hydroxylation sites is 2. The van der Waals surface area contributed by atoms with E-state index in [0.717, 1.165) is 11.4 Å². The van der Waals surface area contributed by atoms with Crippen molar-refractivity contribution in [1.29, 1.82) is 0 Å². The van der Waals surface area contributed by atoms with E-state index in [2.05, 4.69) is 300 Å². The SMILES string of the molecule is C.c1ccc(-c2cccc(-n3c4ccccc4c4cc(-c5ccc6c(c5)c5ccccc5n6-c5ccc(-c6ccc(-c7cccc(C8(c9ccccc9)c9ccccc9-c9ccccc98)c7)cc6)cc5)ccc43)c2)cc1. The first kappa shape index (κ1) is 44.9. The first-order chi connectivity index (χ1) is 37.2. The summed E-state index contributed by atoms with van der Waals surface area (Å²) in [6.45, 7) is 0. The zero-order valence-electron chi connectivity index (χ0n) is 41.1. The molecule has 0 radical (unpaired) electrons. The third-order valence-corrected chi connectivity index (χ3v) is 16.0. The summed E-state index contributed by atoms with van der Waals surface area (Å²) in [5, 5.41) is 4.97. The van der Waals surface area contributed by atoms with E-state index in [1.807, 2.05) is 0 Å². The molecule has 0 spiro atoms. The van der Waals surface area contributed by atoms with Crippen molar-refractivity contribution in [2.24, 2.45) is 0 Å². The molecule has 0 N–H and O–H groups in total. The van der Waals surface area contributed by atoms with E-state index in [1.165, 1.54) is 122 Å². The Morgan fingerprint density at radius 1 is 0.224 bits per heavy atom. The van der Waals surface area contributed by atoms with Crippen molar-refractivity contribution < 1.29 is 0 Å². The second-order valence-corrected chi connectivity index (χ2v) is 20.0. The smallest absolute Gasteiger partial charge is 0.0713 e. The Bertz CT molecular complexity index is 4450. The van der Waals surface area contributed by atoms with Gasteiger partial charge in [0.1, 0.15) is 0 Å². The van der Waals surface area contributed by atoms with Gasteiger partial charge in [-0.3, -0.25) is 0 Å². The maximum absolute atomic E-state index is 2.41. The molecule has 15 rings (SSSR count). The van der Waals surface area contributed by atoms with Crippen LogP contribution in [0.15, 0.2) is 291 Å². The highest BCUT2D eigenvalue weighted by molar-refractivity contribution is 6.13. The average molecular weight is 969 g/mol. The fraction of sp³-hybridized carbons (Fsp3) is 0.0270. The topological polar surface area (TPSA) is 9.86 Å². The molecule has 2 aromatic heterocycles. The lowest BCUT2D eigenvalue weighted by Crippen LogP contribution is -2.28. The van der Waals surface area contributed by atoms with Crippen LogP contribution in [0.1, 0.15) is 29.7 Å². The molecule has 12 aromatic carbocycles. The van der Waals surface area contributed by atoms with Crippen LogP contribution in [-0.4, -0.2) is 9.13 Å². The van der Waals surface area contributed by atoms with Gasteiger partial charge in [0, 0.05) is 32.9 Å². The molecule has 1 aliphatic rings. The number of hydrogen-bond donors (Lipinski definition) is 0. The molecule has 2 heterocycles. The minimum atomic E-state index is -0.429. The highest BCUT2D eigenvalue weighted by Crippen LogP contribution is 2.56. The molecule has 2 heteroatoms. The third-order valence-electron chi connectivity index (χ3n) is 16.0. The molecular weight excluding hydrogens is 917 g/mol. The molecule has 0 fully saturated rings. The molecule has 1 aliphatic carbocycles. The summed E-state index contributed by atoms with van der Waals surface area (Å²) in [7, 11) is 0. The fourth-order valence-electron chi connectivity index (χ4n) is 12.6. The standard InChI is InChI=1S/C73H48N2.CH4/c1-3-17-49(18-4-1)54-20-16-24-60(46-54)75-70-32-14-10-28-64(70)66-48-56(40-44-72(66)75)55-39-43-71-65(47-55)63-27-9-13-31-69(63)74(71)59-41-37-51(38-42-59)50-33-35-52(36-34-50)53-19-15-23-58(45-53)73(57-21-5-2-6-22-57)67-29-11-7-25-61(67)62-26-8-12-30-68(62)73;/h1-48H;1H4. The van der Waals surface area contributed by atoms with E-state index in [-0.39, 0.29) is 7.43 Å². The molecule has 358 valence electrons. The average Bonchev–Trinajstić information content (AvgIpc) is 4.12. The van der Waals surface area contributed by atoms with Crippen molar-refractivity contribution in [2.45, 2.75) is 12.8 Å². The Morgan fingerprint density at radius 2 is 0.605 bits per heavy atom. The van der Waals surface area contributed by atoms with Crippen LogP contribution in [0.2, 0.25) is 0 Å². The van der Waals surface area contributed by atoms with Crippen LogP contribution in [0.3, 0.4) is 0 Å². The lowest BCUT2D eigenvalue weighted by Gasteiger charge is -2.34. The van der Waals surface area contributed by atoms with Gasteiger partial charge in [0.25, 0.3) is 0 Å². The van der Waals surface area contributed by atoms with Gasteiger partial charge in [-0.25, -0.2) is 0 Å². The summed E-state index contributed by atoms with van der Waals surface area (Å²) in [6, 6.07) is 107. The normalized spacial score (nSPS) is 12.5. The number of fused-ring (bicyclic) bond motifs is 9. The van der Waals surface area contributed by atoms with Crippen molar-refractivity contribution in [2.75, 3.05) is 0 Å². The van der Waals surface area contributed by atoms with Crippen LogP contribution in [0, 0.1) is 0 Å². The zero-order valence-corrected chi connectivity index (χ0v) is 41.1. The molecule has 0 saturated carbocycles. The van der Waals surface area contributed by atoms with Crippen LogP contribution in [-0.2, 0) is 5.41 Å². The van der Waals surface area contributed by atoms with E-state index < -0.39 is 5.41 Å². The molecule has 14 aromatic rings. The Hall–Kier alpha value is -9.76. The Kier molecular flexibility index (Phi) is 10.6. The highest BCUT2D eigenvalue weighted by Gasteiger charge is 2.45. The number of hydrogen-bond acceptors (Lipinski definition) is 0. The van der Waals surface area contributed by atoms with Gasteiger partial charge in [-0.2, -0.15) is 0 Å². The van der Waals surface area contributed by atoms with Gasteiger partial charge >= 0.3 is 0 Å². The number of aromatic nitrogens is 2. The molecular formula is C74H52N2. The van der Waals surface area contributed by atoms with Crippen molar-refractivity contribution in [1.82, 2.24) is 9.13 Å². The fourth-order valence-corrected chi connectivity index (χ4v) is 12.6. The van der Waals surface area contributed by atoms with Gasteiger partial charge < -0.3 is 9.13 Å². The summed E-state index contributed by atoms with van der Waals surface area (Å²) >= 11 is 0. The first-order valence-corrected chi connectivity index (χ1v) is 26.0. The van der Waals surface area contributed by atoms with E-state index in [9.17, 15) is 0 Å². The van der Waals surface area contributed by atoms with E-state index >= 15 is 0 Å². The van der Waals surface area contributed by atoms with E-state index in [4.69, 9.17) is 0 Å².